The van der Waals surface area contributed by atoms with Crippen molar-refractivity contribution in [2.45, 2.75) is 50.4 Å². The lowest BCUT2D eigenvalue weighted by Gasteiger charge is -2.52. The molecule has 0 saturated heterocycles. The van der Waals surface area contributed by atoms with E-state index in [2.05, 4.69) is 0 Å². The van der Waals surface area contributed by atoms with E-state index >= 15 is 0 Å². The first-order chi connectivity index (χ1) is 16.3. The summed E-state index contributed by atoms with van der Waals surface area (Å²) in [7, 11) is 3.09. The zero-order chi connectivity index (χ0) is 26.0. The topological polar surface area (TPSA) is 175 Å². The molecule has 0 aliphatic heterocycles. The number of aromatic hydroxyl groups is 1. The number of phenols is 1. The number of carbonyl (C=O) groups is 5. The Morgan fingerprint density at radius 2 is 1.86 bits per heavy atom. The number of aliphatic hydroxyl groups is 2. The minimum atomic E-state index is -2.73. The fraction of sp³-hybridized carbons (Fsp3) is 0.560. The predicted octanol–water partition coefficient (Wildman–Crippen LogP) is -0.820. The first-order valence-corrected chi connectivity index (χ1v) is 11.7. The van der Waals surface area contributed by atoms with E-state index in [1.807, 2.05) is 0 Å². The molecule has 2 fully saturated rings. The molecule has 1 aromatic carbocycles. The molecular weight excluding hydrogens is 456 g/mol. The number of likely N-dealkylation sites (N-methyl/N-ethyl adjacent to an activating group) is 1. The van der Waals surface area contributed by atoms with Gasteiger partial charge in [-0.1, -0.05) is 6.07 Å². The van der Waals surface area contributed by atoms with Crippen molar-refractivity contribution in [2.24, 2.45) is 29.4 Å². The first-order valence-electron chi connectivity index (χ1n) is 11.7. The maximum atomic E-state index is 13.7. The highest BCUT2D eigenvalue weighted by atomic mass is 16.3. The van der Waals surface area contributed by atoms with Crippen LogP contribution in [0.3, 0.4) is 0 Å². The molecule has 1 aromatic rings. The van der Waals surface area contributed by atoms with Gasteiger partial charge in [-0.05, 0) is 69.8 Å². The minimum absolute atomic E-state index is 0.00932. The van der Waals surface area contributed by atoms with Crippen LogP contribution in [0.2, 0.25) is 0 Å². The molecule has 10 heteroatoms. The van der Waals surface area contributed by atoms with E-state index in [1.54, 1.807) is 27.1 Å². The average Bonchev–Trinajstić information content (AvgIpc) is 2.75. The fourth-order valence-corrected chi connectivity index (χ4v) is 6.27. The van der Waals surface area contributed by atoms with Gasteiger partial charge in [0.25, 0.3) is 0 Å². The number of amides is 1. The van der Waals surface area contributed by atoms with Crippen LogP contribution in [-0.4, -0.2) is 81.1 Å². The van der Waals surface area contributed by atoms with Crippen LogP contribution < -0.4 is 5.73 Å². The number of aryl methyl sites for hydroxylation is 1. The second kappa shape index (κ2) is 8.61. The number of hydrogen-bond acceptors (Lipinski definition) is 9. The summed E-state index contributed by atoms with van der Waals surface area (Å²) in [4.78, 5) is 67.0. The van der Waals surface area contributed by atoms with Gasteiger partial charge in [0, 0.05) is 5.92 Å². The highest BCUT2D eigenvalue weighted by molar-refractivity contribution is 6.32. The molecule has 0 spiro atoms. The molecule has 0 heterocycles. The highest BCUT2D eigenvalue weighted by Gasteiger charge is 2.69. The Bertz CT molecular complexity index is 1140. The van der Waals surface area contributed by atoms with Crippen LogP contribution in [0.1, 0.15) is 41.3 Å². The molecule has 2 saturated carbocycles. The number of hydrogen-bond donors (Lipinski definition) is 4. The molecule has 7 atom stereocenters. The van der Waals surface area contributed by atoms with Gasteiger partial charge in [-0.3, -0.25) is 28.9 Å². The zero-order valence-corrected chi connectivity index (χ0v) is 19.9. The van der Waals surface area contributed by atoms with Crippen molar-refractivity contribution < 1.29 is 39.3 Å². The standard InChI is InChI=1S/C25H30N2O8/c1-10(28)4-5-11-6-7-15(29)17-13(11)8-12-9-14-19(27(2)3)21(31)18(24(26)34)23(33)25(14,35)22(32)16(12)20(17)30/h6-7,10,12,14,16,18-19,28-29,35H,4-5,8-9H2,1-3H3,(H2,26,34)/t10?,12-,14-,16?,18?,19-,25-/m0/s1. The van der Waals surface area contributed by atoms with Crippen molar-refractivity contribution >= 4 is 29.0 Å². The summed E-state index contributed by atoms with van der Waals surface area (Å²) in [6.45, 7) is 1.65. The van der Waals surface area contributed by atoms with Crippen molar-refractivity contribution in [3.8, 4) is 5.75 Å². The molecule has 188 valence electrons. The second-order valence-electron chi connectivity index (χ2n) is 10.3. The Hall–Kier alpha value is -2.95. The van der Waals surface area contributed by atoms with Gasteiger partial charge in [0.1, 0.15) is 5.75 Å². The summed E-state index contributed by atoms with van der Waals surface area (Å²) in [5.41, 5.74) is 3.88. The lowest BCUT2D eigenvalue weighted by molar-refractivity contribution is -0.181. The third-order valence-electron chi connectivity index (χ3n) is 7.87. The molecule has 3 aliphatic rings. The fourth-order valence-electron chi connectivity index (χ4n) is 6.27. The molecule has 10 nitrogen and oxygen atoms in total. The largest absolute Gasteiger partial charge is 0.507 e. The van der Waals surface area contributed by atoms with Crippen LogP contribution in [0.5, 0.6) is 5.75 Å². The van der Waals surface area contributed by atoms with Crippen molar-refractivity contribution in [3.63, 3.8) is 0 Å². The van der Waals surface area contributed by atoms with Gasteiger partial charge in [0.15, 0.2) is 34.7 Å². The van der Waals surface area contributed by atoms with E-state index in [4.69, 9.17) is 5.73 Å². The van der Waals surface area contributed by atoms with E-state index in [9.17, 15) is 39.3 Å². The average molecular weight is 487 g/mol. The van der Waals surface area contributed by atoms with E-state index in [0.717, 1.165) is 5.56 Å². The quantitative estimate of drug-likeness (QED) is 0.387. The van der Waals surface area contributed by atoms with Gasteiger partial charge < -0.3 is 21.1 Å². The molecule has 3 unspecified atom stereocenters. The van der Waals surface area contributed by atoms with E-state index in [-0.39, 0.29) is 24.2 Å². The normalized spacial score (nSPS) is 33.3. The molecule has 0 bridgehead atoms. The number of rotatable bonds is 5. The Morgan fingerprint density at radius 1 is 1.20 bits per heavy atom. The molecule has 0 aromatic heterocycles. The van der Waals surface area contributed by atoms with Gasteiger partial charge in [-0.25, -0.2) is 0 Å². The number of fused-ring (bicyclic) bond motifs is 3. The lowest BCUT2D eigenvalue weighted by atomic mass is 9.52. The maximum Gasteiger partial charge on any atom is 0.235 e. The molecule has 4 rings (SSSR count). The number of phenolic OH excluding ortho intramolecular Hbond substituents is 1. The summed E-state index contributed by atoms with van der Waals surface area (Å²) in [5.74, 6) is -10.5. The molecule has 35 heavy (non-hydrogen) atoms. The Morgan fingerprint density at radius 3 is 2.43 bits per heavy atom. The van der Waals surface area contributed by atoms with Gasteiger partial charge in [-0.2, -0.15) is 0 Å². The van der Waals surface area contributed by atoms with E-state index < -0.39 is 70.5 Å². The van der Waals surface area contributed by atoms with Crippen LogP contribution >= 0.6 is 0 Å². The summed E-state index contributed by atoms with van der Waals surface area (Å²) >= 11 is 0. The minimum Gasteiger partial charge on any atom is -0.507 e. The summed E-state index contributed by atoms with van der Waals surface area (Å²) < 4.78 is 0. The number of ketones is 4. The van der Waals surface area contributed by atoms with Gasteiger partial charge in [0.2, 0.25) is 5.91 Å². The first kappa shape index (κ1) is 25.2. The number of primary amides is 1. The zero-order valence-electron chi connectivity index (χ0n) is 19.9. The highest BCUT2D eigenvalue weighted by Crippen LogP contribution is 2.51. The van der Waals surface area contributed by atoms with Crippen molar-refractivity contribution in [1.82, 2.24) is 4.90 Å². The van der Waals surface area contributed by atoms with Crippen LogP contribution in [-0.2, 0) is 32.0 Å². The smallest absolute Gasteiger partial charge is 0.235 e. The van der Waals surface area contributed by atoms with E-state index in [0.29, 0.717) is 18.4 Å². The predicted molar refractivity (Wildman–Crippen MR) is 121 cm³/mol. The number of carbonyl (C=O) groups excluding carboxylic acids is 5. The van der Waals surface area contributed by atoms with E-state index in [1.165, 1.54) is 11.0 Å². The number of nitrogens with zero attached hydrogens (tertiary/aromatic N) is 1. The maximum absolute atomic E-state index is 13.7. The van der Waals surface area contributed by atoms with Crippen LogP contribution in [0.4, 0.5) is 0 Å². The number of nitrogens with two attached hydrogens (primary N) is 1. The summed E-state index contributed by atoms with van der Waals surface area (Å²) in [6, 6.07) is 1.91. The monoisotopic (exact) mass is 486 g/mol. The third-order valence-corrected chi connectivity index (χ3v) is 7.87. The number of aliphatic hydroxyl groups excluding tert-OH is 1. The summed E-state index contributed by atoms with van der Waals surface area (Å²) in [5, 5.41) is 31.7. The molecule has 5 N–H and O–H groups in total. The van der Waals surface area contributed by atoms with Crippen LogP contribution in [0.15, 0.2) is 12.1 Å². The summed E-state index contributed by atoms with van der Waals surface area (Å²) in [6.07, 6.45) is 0.534. The SMILES string of the molecule is CC(O)CCc1ccc(O)c2c1C[C@H]1C[C@H]3[C@H](N(C)C)C(=O)C(C(N)=O)C(=O)[C@@]3(O)C(=O)C1C2=O. The Balaban J connectivity index is 1.83. The Kier molecular flexibility index (Phi) is 6.19. The van der Waals surface area contributed by atoms with Gasteiger partial charge in [-0.15, -0.1) is 0 Å². The van der Waals surface area contributed by atoms with Gasteiger partial charge in [0.05, 0.1) is 23.6 Å². The van der Waals surface area contributed by atoms with Crippen LogP contribution in [0.25, 0.3) is 0 Å². The number of benzene rings is 1. The molecule has 1 amide bonds. The number of Topliss-reactive ketones (excluding diaryl/α,β-unsaturated/α-hetero) is 4. The molecule has 0 radical (unpaired) electrons. The second-order valence-corrected chi connectivity index (χ2v) is 10.3. The van der Waals surface area contributed by atoms with Crippen molar-refractivity contribution in [3.05, 3.63) is 28.8 Å². The molecular formula is C25H30N2O8. The van der Waals surface area contributed by atoms with Crippen molar-refractivity contribution in [1.29, 1.82) is 0 Å². The Labute approximate surface area is 202 Å². The van der Waals surface area contributed by atoms with Crippen molar-refractivity contribution in [2.75, 3.05) is 14.1 Å². The van der Waals surface area contributed by atoms with Gasteiger partial charge >= 0.3 is 0 Å². The molecule has 3 aliphatic carbocycles. The van der Waals surface area contributed by atoms with Crippen LogP contribution in [0, 0.1) is 23.7 Å². The third kappa shape index (κ3) is 3.62. The lowest BCUT2D eigenvalue weighted by Crippen LogP contribution is -2.74.